The van der Waals surface area contributed by atoms with Crippen LogP contribution in [0.2, 0.25) is 0 Å². The maximum absolute atomic E-state index is 3.33. The van der Waals surface area contributed by atoms with Gasteiger partial charge in [0.05, 0.1) is 0 Å². The SMILES string of the molecule is CC=C(C=C=CC1C=CC=CC1=Cc1ccccc1)CC. The van der Waals surface area contributed by atoms with E-state index in [0.29, 0.717) is 5.92 Å². The third-order valence-electron chi connectivity index (χ3n) is 3.56. The Morgan fingerprint density at radius 1 is 1.19 bits per heavy atom. The second-order valence-electron chi connectivity index (χ2n) is 5.02. The molecule has 21 heavy (non-hydrogen) atoms. The van der Waals surface area contributed by atoms with Crippen molar-refractivity contribution in [2.75, 3.05) is 0 Å². The molecule has 0 saturated carbocycles. The third kappa shape index (κ3) is 4.63. The van der Waals surface area contributed by atoms with Gasteiger partial charge in [-0.25, -0.2) is 0 Å². The molecule has 106 valence electrons. The molecule has 1 aliphatic rings. The average molecular weight is 274 g/mol. The van der Waals surface area contributed by atoms with Gasteiger partial charge >= 0.3 is 0 Å². The van der Waals surface area contributed by atoms with E-state index in [-0.39, 0.29) is 0 Å². The van der Waals surface area contributed by atoms with Crippen molar-refractivity contribution in [2.45, 2.75) is 20.3 Å². The topological polar surface area (TPSA) is 0 Å². The van der Waals surface area contributed by atoms with Crippen LogP contribution in [0.25, 0.3) is 6.08 Å². The molecule has 0 saturated heterocycles. The minimum atomic E-state index is 0.293. The molecule has 1 aromatic carbocycles. The lowest BCUT2D eigenvalue weighted by atomic mass is 9.92. The van der Waals surface area contributed by atoms with Crippen LogP contribution in [0.15, 0.2) is 89.7 Å². The molecule has 2 rings (SSSR count). The maximum atomic E-state index is 3.33. The number of benzene rings is 1. The summed E-state index contributed by atoms with van der Waals surface area (Å²) in [5.41, 5.74) is 7.17. The van der Waals surface area contributed by atoms with Crippen molar-refractivity contribution < 1.29 is 0 Å². The van der Waals surface area contributed by atoms with Gasteiger partial charge < -0.3 is 0 Å². The zero-order valence-electron chi connectivity index (χ0n) is 12.8. The van der Waals surface area contributed by atoms with Gasteiger partial charge in [0, 0.05) is 5.92 Å². The molecule has 0 aliphatic heterocycles. The van der Waals surface area contributed by atoms with E-state index < -0.39 is 0 Å². The van der Waals surface area contributed by atoms with Crippen LogP contribution < -0.4 is 0 Å². The second kappa shape index (κ2) is 8.09. The van der Waals surface area contributed by atoms with Crippen molar-refractivity contribution in [3.63, 3.8) is 0 Å². The van der Waals surface area contributed by atoms with Crippen LogP contribution >= 0.6 is 0 Å². The first-order chi connectivity index (χ1) is 10.3. The molecule has 0 amide bonds. The van der Waals surface area contributed by atoms with Crippen molar-refractivity contribution >= 4 is 6.08 Å². The zero-order chi connectivity index (χ0) is 14.9. The molecule has 0 heteroatoms. The molecule has 0 radical (unpaired) electrons. The Morgan fingerprint density at radius 3 is 2.71 bits per heavy atom. The summed E-state index contributed by atoms with van der Waals surface area (Å²) in [5.74, 6) is 0.293. The summed E-state index contributed by atoms with van der Waals surface area (Å²) in [6.07, 6.45) is 18.2. The smallest absolute Gasteiger partial charge is 0.0277 e. The number of hydrogen-bond donors (Lipinski definition) is 0. The maximum Gasteiger partial charge on any atom is 0.0277 e. The van der Waals surface area contributed by atoms with E-state index in [1.165, 1.54) is 16.7 Å². The lowest BCUT2D eigenvalue weighted by molar-refractivity contribution is 1.00. The highest BCUT2D eigenvalue weighted by Crippen LogP contribution is 2.22. The average Bonchev–Trinajstić information content (AvgIpc) is 2.54. The van der Waals surface area contributed by atoms with E-state index in [0.717, 1.165) is 6.42 Å². The summed E-state index contributed by atoms with van der Waals surface area (Å²) in [4.78, 5) is 0. The Labute approximate surface area is 128 Å². The first kappa shape index (κ1) is 15.1. The van der Waals surface area contributed by atoms with Crippen molar-refractivity contribution in [3.8, 4) is 0 Å². The van der Waals surface area contributed by atoms with Gasteiger partial charge in [-0.3, -0.25) is 0 Å². The fourth-order valence-corrected chi connectivity index (χ4v) is 2.26. The molecule has 0 aromatic heterocycles. The van der Waals surface area contributed by atoms with Crippen LogP contribution in [0.5, 0.6) is 0 Å². The van der Waals surface area contributed by atoms with E-state index in [2.05, 4.69) is 92.5 Å². The fraction of sp³-hybridized carbons (Fsp3) is 0.190. The Hall–Kier alpha value is -2.30. The van der Waals surface area contributed by atoms with E-state index in [4.69, 9.17) is 0 Å². The van der Waals surface area contributed by atoms with Gasteiger partial charge in [-0.15, -0.1) is 5.73 Å². The van der Waals surface area contributed by atoms with Gasteiger partial charge in [-0.05, 0) is 42.2 Å². The Bertz CT molecular complexity index is 630. The number of rotatable bonds is 4. The number of hydrogen-bond acceptors (Lipinski definition) is 0. The van der Waals surface area contributed by atoms with Crippen molar-refractivity contribution in [1.82, 2.24) is 0 Å². The summed E-state index contributed by atoms with van der Waals surface area (Å²) < 4.78 is 0. The molecular weight excluding hydrogens is 252 g/mol. The minimum Gasteiger partial charge on any atom is -0.124 e. The molecule has 0 fully saturated rings. The second-order valence-corrected chi connectivity index (χ2v) is 5.02. The lowest BCUT2D eigenvalue weighted by Crippen LogP contribution is -1.97. The van der Waals surface area contributed by atoms with Crippen molar-refractivity contribution in [3.05, 3.63) is 95.3 Å². The Morgan fingerprint density at radius 2 is 2.00 bits per heavy atom. The summed E-state index contributed by atoms with van der Waals surface area (Å²) in [7, 11) is 0. The van der Waals surface area contributed by atoms with Gasteiger partial charge in [-0.1, -0.05) is 73.7 Å². The largest absolute Gasteiger partial charge is 0.124 e. The zero-order valence-corrected chi connectivity index (χ0v) is 12.8. The molecule has 1 aromatic rings. The Balaban J connectivity index is 2.22. The minimum absolute atomic E-state index is 0.293. The normalized spacial score (nSPS) is 19.4. The molecule has 1 atom stereocenters. The highest BCUT2D eigenvalue weighted by Gasteiger charge is 2.07. The molecule has 1 aliphatic carbocycles. The van der Waals surface area contributed by atoms with Gasteiger partial charge in [0.25, 0.3) is 0 Å². The van der Waals surface area contributed by atoms with Gasteiger partial charge in [-0.2, -0.15) is 0 Å². The summed E-state index contributed by atoms with van der Waals surface area (Å²) >= 11 is 0. The van der Waals surface area contributed by atoms with Gasteiger partial charge in [0.2, 0.25) is 0 Å². The van der Waals surface area contributed by atoms with Crippen LogP contribution in [0.1, 0.15) is 25.8 Å². The van der Waals surface area contributed by atoms with Crippen LogP contribution in [0.3, 0.4) is 0 Å². The van der Waals surface area contributed by atoms with Crippen LogP contribution in [0, 0.1) is 5.92 Å². The predicted molar refractivity (Wildman–Crippen MR) is 92.9 cm³/mol. The Kier molecular flexibility index (Phi) is 5.82. The van der Waals surface area contributed by atoms with E-state index in [1.54, 1.807) is 0 Å². The molecular formula is C21H22. The van der Waals surface area contributed by atoms with E-state index >= 15 is 0 Å². The highest BCUT2D eigenvalue weighted by molar-refractivity contribution is 5.59. The lowest BCUT2D eigenvalue weighted by Gasteiger charge is -2.12. The standard InChI is InChI=1S/C21H22/c1-3-18(4-2)13-10-16-20-14-8-9-15-21(20)17-19-11-6-5-7-12-19/h3,5-9,11-17,20H,4H2,1-2H3. The first-order valence-corrected chi connectivity index (χ1v) is 7.52. The molecule has 0 nitrogen and oxygen atoms in total. The van der Waals surface area contributed by atoms with Crippen molar-refractivity contribution in [2.24, 2.45) is 5.92 Å². The molecule has 0 N–H and O–H groups in total. The molecule has 1 unspecified atom stereocenters. The quantitative estimate of drug-likeness (QED) is 0.475. The fourth-order valence-electron chi connectivity index (χ4n) is 2.26. The van der Waals surface area contributed by atoms with Crippen molar-refractivity contribution in [1.29, 1.82) is 0 Å². The van der Waals surface area contributed by atoms with E-state index in [9.17, 15) is 0 Å². The van der Waals surface area contributed by atoms with E-state index in [1.807, 2.05) is 6.07 Å². The van der Waals surface area contributed by atoms with Gasteiger partial charge in [0.1, 0.15) is 0 Å². The highest BCUT2D eigenvalue weighted by atomic mass is 14.1. The van der Waals surface area contributed by atoms with Crippen LogP contribution in [0.4, 0.5) is 0 Å². The predicted octanol–water partition coefficient (Wildman–Crippen LogP) is 5.88. The third-order valence-corrected chi connectivity index (χ3v) is 3.56. The number of allylic oxidation sites excluding steroid dienone is 8. The summed E-state index contributed by atoms with van der Waals surface area (Å²) in [6, 6.07) is 10.4. The van der Waals surface area contributed by atoms with Crippen LogP contribution in [-0.2, 0) is 0 Å². The molecule has 0 spiro atoms. The summed E-state index contributed by atoms with van der Waals surface area (Å²) in [5, 5.41) is 0. The monoisotopic (exact) mass is 274 g/mol. The van der Waals surface area contributed by atoms with Crippen LogP contribution in [-0.4, -0.2) is 0 Å². The molecule has 0 bridgehead atoms. The summed E-state index contributed by atoms with van der Waals surface area (Å²) in [6.45, 7) is 4.23. The van der Waals surface area contributed by atoms with Gasteiger partial charge in [0.15, 0.2) is 0 Å². The first-order valence-electron chi connectivity index (χ1n) is 7.52. The molecule has 0 heterocycles.